The molecule has 0 fully saturated rings. The second-order valence-electron chi connectivity index (χ2n) is 3.05. The molecule has 15 heavy (non-hydrogen) atoms. The zero-order valence-corrected chi connectivity index (χ0v) is 8.50. The maximum absolute atomic E-state index is 11.3. The van der Waals surface area contributed by atoms with Crippen LogP contribution in [0, 0.1) is 0 Å². The molecule has 1 amide bonds. The molecule has 0 saturated heterocycles. The first-order valence-corrected chi connectivity index (χ1v) is 4.50. The molecule has 2 heterocycles. The van der Waals surface area contributed by atoms with Crippen molar-refractivity contribution < 1.29 is 9.53 Å². The van der Waals surface area contributed by atoms with E-state index in [-0.39, 0.29) is 5.91 Å². The number of hydrogen-bond acceptors (Lipinski definition) is 3. The largest absolute Gasteiger partial charge is 0.481 e. The number of amides is 1. The van der Waals surface area contributed by atoms with Gasteiger partial charge in [0.2, 0.25) is 5.88 Å². The predicted octanol–water partition coefficient (Wildman–Crippen LogP) is 0.931. The smallest absolute Gasteiger partial charge is 0.267 e. The fourth-order valence-electron chi connectivity index (χ4n) is 1.36. The van der Waals surface area contributed by atoms with Gasteiger partial charge in [0.1, 0.15) is 5.69 Å². The third kappa shape index (κ3) is 1.63. The Morgan fingerprint density at radius 3 is 3.00 bits per heavy atom. The average molecular weight is 205 g/mol. The van der Waals surface area contributed by atoms with E-state index in [2.05, 4.69) is 15.3 Å². The fourth-order valence-corrected chi connectivity index (χ4v) is 1.36. The van der Waals surface area contributed by atoms with Crippen LogP contribution in [0.25, 0.3) is 11.0 Å². The third-order valence-electron chi connectivity index (χ3n) is 2.13. The van der Waals surface area contributed by atoms with Crippen LogP contribution in [0.1, 0.15) is 10.5 Å². The average Bonchev–Trinajstić information content (AvgIpc) is 2.70. The molecule has 0 unspecified atom stereocenters. The first kappa shape index (κ1) is 9.51. The standard InChI is InChI=1S/C10H11N3O2/c1-11-10(14)8-5-7-6(12-8)3-4-9(13-7)15-2/h3-5,12H,1-2H3,(H,11,14). The number of hydrogen-bond donors (Lipinski definition) is 2. The summed E-state index contributed by atoms with van der Waals surface area (Å²) in [5, 5.41) is 2.54. The number of nitrogens with one attached hydrogen (secondary N) is 2. The fraction of sp³-hybridized carbons (Fsp3) is 0.200. The van der Waals surface area contributed by atoms with Gasteiger partial charge in [-0.2, -0.15) is 0 Å². The molecule has 0 aliphatic heterocycles. The number of nitrogens with zero attached hydrogens (tertiary/aromatic N) is 1. The van der Waals surface area contributed by atoms with Crippen LogP contribution in [-0.4, -0.2) is 30.0 Å². The highest BCUT2D eigenvalue weighted by Crippen LogP contribution is 2.16. The molecule has 2 rings (SSSR count). The number of aromatic nitrogens is 2. The maximum Gasteiger partial charge on any atom is 0.267 e. The number of aromatic amines is 1. The molecule has 2 aromatic rings. The molecule has 0 aliphatic rings. The van der Waals surface area contributed by atoms with Crippen molar-refractivity contribution in [3.05, 3.63) is 23.9 Å². The van der Waals surface area contributed by atoms with Crippen LogP contribution < -0.4 is 10.1 Å². The van der Waals surface area contributed by atoms with E-state index in [1.165, 1.54) is 0 Å². The number of rotatable bonds is 2. The van der Waals surface area contributed by atoms with Crippen LogP contribution in [-0.2, 0) is 0 Å². The lowest BCUT2D eigenvalue weighted by atomic mass is 10.3. The number of methoxy groups -OCH3 is 1. The van der Waals surface area contributed by atoms with E-state index in [0.29, 0.717) is 17.1 Å². The predicted molar refractivity (Wildman–Crippen MR) is 56.0 cm³/mol. The summed E-state index contributed by atoms with van der Waals surface area (Å²) in [7, 11) is 3.14. The van der Waals surface area contributed by atoms with Crippen molar-refractivity contribution in [2.75, 3.05) is 14.2 Å². The summed E-state index contributed by atoms with van der Waals surface area (Å²) < 4.78 is 4.99. The van der Waals surface area contributed by atoms with Gasteiger partial charge in [-0.05, 0) is 12.1 Å². The van der Waals surface area contributed by atoms with Crippen molar-refractivity contribution in [3.8, 4) is 5.88 Å². The Labute approximate surface area is 86.5 Å². The zero-order chi connectivity index (χ0) is 10.8. The summed E-state index contributed by atoms with van der Waals surface area (Å²) in [6.45, 7) is 0. The van der Waals surface area contributed by atoms with Gasteiger partial charge in [-0.15, -0.1) is 0 Å². The quantitative estimate of drug-likeness (QED) is 0.766. The molecule has 5 nitrogen and oxygen atoms in total. The molecule has 2 N–H and O–H groups in total. The maximum atomic E-state index is 11.3. The lowest BCUT2D eigenvalue weighted by Crippen LogP contribution is -2.17. The molecule has 5 heteroatoms. The number of ether oxygens (including phenoxy) is 1. The lowest BCUT2D eigenvalue weighted by molar-refractivity contribution is 0.0959. The highest BCUT2D eigenvalue weighted by atomic mass is 16.5. The SMILES string of the molecule is CNC(=O)c1cc2nc(OC)ccc2[nH]1. The molecular formula is C10H11N3O2. The van der Waals surface area contributed by atoms with E-state index < -0.39 is 0 Å². The van der Waals surface area contributed by atoms with Crippen LogP contribution in [0.5, 0.6) is 5.88 Å². The molecule has 0 saturated carbocycles. The van der Waals surface area contributed by atoms with Gasteiger partial charge >= 0.3 is 0 Å². The minimum absolute atomic E-state index is 0.160. The summed E-state index contributed by atoms with van der Waals surface area (Å²) in [5.41, 5.74) is 2.02. The van der Waals surface area contributed by atoms with E-state index in [1.54, 1.807) is 26.3 Å². The minimum Gasteiger partial charge on any atom is -0.481 e. The topological polar surface area (TPSA) is 67.0 Å². The number of H-pyrrole nitrogens is 1. The molecule has 0 spiro atoms. The van der Waals surface area contributed by atoms with Crippen LogP contribution in [0.3, 0.4) is 0 Å². The summed E-state index contributed by atoms with van der Waals surface area (Å²) >= 11 is 0. The van der Waals surface area contributed by atoms with Gasteiger partial charge in [0.25, 0.3) is 5.91 Å². The van der Waals surface area contributed by atoms with Crippen LogP contribution >= 0.6 is 0 Å². The Balaban J connectivity index is 2.51. The van der Waals surface area contributed by atoms with Gasteiger partial charge in [-0.3, -0.25) is 4.79 Å². The van der Waals surface area contributed by atoms with E-state index >= 15 is 0 Å². The second-order valence-corrected chi connectivity index (χ2v) is 3.05. The molecule has 0 radical (unpaired) electrons. The Morgan fingerprint density at radius 1 is 1.53 bits per heavy atom. The van der Waals surface area contributed by atoms with E-state index in [4.69, 9.17) is 4.74 Å². The number of fused-ring (bicyclic) bond motifs is 1. The van der Waals surface area contributed by atoms with Crippen molar-refractivity contribution in [2.24, 2.45) is 0 Å². The summed E-state index contributed by atoms with van der Waals surface area (Å²) in [6, 6.07) is 5.26. The van der Waals surface area contributed by atoms with Crippen molar-refractivity contribution >= 4 is 16.9 Å². The minimum atomic E-state index is -0.160. The Bertz CT molecular complexity index is 504. The monoisotopic (exact) mass is 205 g/mol. The number of carbonyl (C=O) groups is 1. The molecule has 0 aromatic carbocycles. The van der Waals surface area contributed by atoms with Crippen LogP contribution in [0.2, 0.25) is 0 Å². The molecular weight excluding hydrogens is 194 g/mol. The zero-order valence-electron chi connectivity index (χ0n) is 8.50. The van der Waals surface area contributed by atoms with Gasteiger partial charge in [-0.25, -0.2) is 4.98 Å². The van der Waals surface area contributed by atoms with Crippen molar-refractivity contribution in [1.29, 1.82) is 0 Å². The van der Waals surface area contributed by atoms with E-state index in [0.717, 1.165) is 5.52 Å². The Hall–Kier alpha value is -2.04. The van der Waals surface area contributed by atoms with Crippen LogP contribution in [0.15, 0.2) is 18.2 Å². The summed E-state index contributed by atoms with van der Waals surface area (Å²) in [4.78, 5) is 18.5. The molecule has 2 aromatic heterocycles. The van der Waals surface area contributed by atoms with Crippen molar-refractivity contribution in [3.63, 3.8) is 0 Å². The lowest BCUT2D eigenvalue weighted by Gasteiger charge is -1.96. The first-order chi connectivity index (χ1) is 7.24. The molecule has 0 atom stereocenters. The van der Waals surface area contributed by atoms with Gasteiger partial charge in [0, 0.05) is 13.1 Å². The normalized spacial score (nSPS) is 10.3. The summed E-state index contributed by atoms with van der Waals surface area (Å²) in [5.74, 6) is 0.372. The van der Waals surface area contributed by atoms with E-state index in [9.17, 15) is 4.79 Å². The second kappa shape index (κ2) is 3.61. The molecule has 78 valence electrons. The van der Waals surface area contributed by atoms with Gasteiger partial charge < -0.3 is 15.0 Å². The third-order valence-corrected chi connectivity index (χ3v) is 2.13. The number of pyridine rings is 1. The van der Waals surface area contributed by atoms with Crippen LogP contribution in [0.4, 0.5) is 0 Å². The molecule has 0 bridgehead atoms. The van der Waals surface area contributed by atoms with Gasteiger partial charge in [-0.1, -0.05) is 0 Å². The van der Waals surface area contributed by atoms with Crippen molar-refractivity contribution in [2.45, 2.75) is 0 Å². The highest BCUT2D eigenvalue weighted by molar-refractivity contribution is 5.96. The summed E-state index contributed by atoms with van der Waals surface area (Å²) in [6.07, 6.45) is 0. The van der Waals surface area contributed by atoms with E-state index in [1.807, 2.05) is 6.07 Å². The van der Waals surface area contributed by atoms with Crippen molar-refractivity contribution in [1.82, 2.24) is 15.3 Å². The first-order valence-electron chi connectivity index (χ1n) is 4.50. The number of carbonyl (C=O) groups excluding carboxylic acids is 1. The Kier molecular flexibility index (Phi) is 2.29. The Morgan fingerprint density at radius 2 is 2.33 bits per heavy atom. The van der Waals surface area contributed by atoms with Gasteiger partial charge in [0.15, 0.2) is 0 Å². The molecule has 0 aliphatic carbocycles. The highest BCUT2D eigenvalue weighted by Gasteiger charge is 2.08. The van der Waals surface area contributed by atoms with Gasteiger partial charge in [0.05, 0.1) is 18.1 Å².